The molecule has 1 heterocycles. The number of nitrogens with zero attached hydrogens (tertiary/aromatic N) is 2. The average Bonchev–Trinajstić information content (AvgIpc) is 2.96. The van der Waals surface area contributed by atoms with E-state index in [-0.39, 0.29) is 24.0 Å². The van der Waals surface area contributed by atoms with Gasteiger partial charge in [-0.1, -0.05) is 17.7 Å². The van der Waals surface area contributed by atoms with Gasteiger partial charge < -0.3 is 15.4 Å². The fraction of sp³-hybridized carbons (Fsp3) is 0.412. The first kappa shape index (κ1) is 20.7. The third-order valence-corrected chi connectivity index (χ3v) is 4.54. The summed E-state index contributed by atoms with van der Waals surface area (Å²) >= 11 is 1.66. The summed E-state index contributed by atoms with van der Waals surface area (Å²) in [5.74, 6) is 1.73. The molecule has 0 saturated heterocycles. The van der Waals surface area contributed by atoms with Gasteiger partial charge in [0.2, 0.25) is 0 Å². The highest BCUT2D eigenvalue weighted by molar-refractivity contribution is 14.0. The van der Waals surface area contributed by atoms with Crippen LogP contribution in [0.4, 0.5) is 0 Å². The summed E-state index contributed by atoms with van der Waals surface area (Å²) in [6.07, 6.45) is 0.880. The molecular weight excluding hydrogens is 435 g/mol. The molecule has 0 aliphatic rings. The predicted octanol–water partition coefficient (Wildman–Crippen LogP) is 3.29. The zero-order valence-electron chi connectivity index (χ0n) is 14.5. The van der Waals surface area contributed by atoms with Crippen LogP contribution in [0.1, 0.15) is 21.7 Å². The van der Waals surface area contributed by atoms with E-state index in [1.807, 2.05) is 18.5 Å². The van der Waals surface area contributed by atoms with Crippen LogP contribution in [0.15, 0.2) is 28.7 Å². The lowest BCUT2D eigenvalue weighted by Crippen LogP contribution is -2.37. The van der Waals surface area contributed by atoms with Crippen molar-refractivity contribution in [3.63, 3.8) is 0 Å². The van der Waals surface area contributed by atoms with Crippen molar-refractivity contribution in [1.82, 2.24) is 15.6 Å². The van der Waals surface area contributed by atoms with Gasteiger partial charge in [0.15, 0.2) is 5.96 Å². The summed E-state index contributed by atoms with van der Waals surface area (Å²) in [5.41, 5.74) is 5.38. The van der Waals surface area contributed by atoms with Crippen molar-refractivity contribution in [3.8, 4) is 5.75 Å². The van der Waals surface area contributed by atoms with Crippen LogP contribution in [0.2, 0.25) is 0 Å². The summed E-state index contributed by atoms with van der Waals surface area (Å²) in [6, 6.07) is 6.25. The van der Waals surface area contributed by atoms with Gasteiger partial charge in [-0.3, -0.25) is 4.99 Å². The van der Waals surface area contributed by atoms with Crippen molar-refractivity contribution in [2.75, 3.05) is 20.7 Å². The molecule has 0 bridgehead atoms. The minimum Gasteiger partial charge on any atom is -0.496 e. The number of methoxy groups -OCH3 is 1. The molecule has 1 aromatic heterocycles. The van der Waals surface area contributed by atoms with Gasteiger partial charge in [0, 0.05) is 18.5 Å². The van der Waals surface area contributed by atoms with Crippen LogP contribution < -0.4 is 15.4 Å². The van der Waals surface area contributed by atoms with E-state index in [2.05, 4.69) is 39.7 Å². The number of halogens is 1. The third kappa shape index (κ3) is 5.94. The molecule has 0 spiro atoms. The number of rotatable bonds is 6. The van der Waals surface area contributed by atoms with Gasteiger partial charge >= 0.3 is 0 Å². The minimum atomic E-state index is 0. The van der Waals surface area contributed by atoms with Crippen molar-refractivity contribution in [1.29, 1.82) is 0 Å². The van der Waals surface area contributed by atoms with Crippen molar-refractivity contribution in [3.05, 3.63) is 45.4 Å². The van der Waals surface area contributed by atoms with E-state index in [1.165, 1.54) is 16.0 Å². The smallest absolute Gasteiger partial charge is 0.191 e. The summed E-state index contributed by atoms with van der Waals surface area (Å²) < 4.78 is 5.41. The number of benzene rings is 1. The van der Waals surface area contributed by atoms with Gasteiger partial charge in [-0.2, -0.15) is 0 Å². The first-order chi connectivity index (χ1) is 11.1. The van der Waals surface area contributed by atoms with Crippen LogP contribution in [-0.4, -0.2) is 31.6 Å². The maximum Gasteiger partial charge on any atom is 0.191 e. The highest BCUT2D eigenvalue weighted by Crippen LogP contribution is 2.19. The number of aromatic nitrogens is 1. The highest BCUT2D eigenvalue weighted by Gasteiger charge is 2.05. The van der Waals surface area contributed by atoms with E-state index < -0.39 is 0 Å². The minimum absolute atomic E-state index is 0. The number of aliphatic imine (C=N–C) groups is 1. The lowest BCUT2D eigenvalue weighted by atomic mass is 10.1. The monoisotopic (exact) mass is 460 g/mol. The van der Waals surface area contributed by atoms with Crippen molar-refractivity contribution < 1.29 is 4.74 Å². The maximum absolute atomic E-state index is 5.41. The lowest BCUT2D eigenvalue weighted by Gasteiger charge is -2.13. The Balaban J connectivity index is 0.00000288. The predicted molar refractivity (Wildman–Crippen MR) is 112 cm³/mol. The molecule has 5 nitrogen and oxygen atoms in total. The number of hydrogen-bond donors (Lipinski definition) is 2. The SMILES string of the molecule is CN=C(NCCc1cc(C)ccc1OC)NCc1scnc1C.I. The lowest BCUT2D eigenvalue weighted by molar-refractivity contribution is 0.409. The van der Waals surface area contributed by atoms with Gasteiger partial charge in [-0.25, -0.2) is 4.98 Å². The summed E-state index contributed by atoms with van der Waals surface area (Å²) in [5, 5.41) is 6.66. The Labute approximate surface area is 165 Å². The Bertz CT molecular complexity index is 672. The molecule has 2 N–H and O–H groups in total. The van der Waals surface area contributed by atoms with E-state index in [0.29, 0.717) is 0 Å². The van der Waals surface area contributed by atoms with E-state index in [0.717, 1.165) is 36.9 Å². The fourth-order valence-electron chi connectivity index (χ4n) is 2.30. The molecule has 132 valence electrons. The zero-order valence-corrected chi connectivity index (χ0v) is 17.7. The number of thiazole rings is 1. The molecule has 7 heteroatoms. The van der Waals surface area contributed by atoms with Crippen LogP contribution >= 0.6 is 35.3 Å². The van der Waals surface area contributed by atoms with Crippen LogP contribution in [-0.2, 0) is 13.0 Å². The Morgan fingerprint density at radius 2 is 2.08 bits per heavy atom. The molecule has 0 aliphatic carbocycles. The molecule has 1 aromatic carbocycles. The molecule has 0 aliphatic heterocycles. The number of hydrogen-bond acceptors (Lipinski definition) is 4. The first-order valence-corrected chi connectivity index (χ1v) is 8.49. The Hall–Kier alpha value is -1.35. The van der Waals surface area contributed by atoms with E-state index in [1.54, 1.807) is 25.5 Å². The third-order valence-electron chi connectivity index (χ3n) is 3.61. The number of nitrogens with one attached hydrogen (secondary N) is 2. The van der Waals surface area contributed by atoms with Crippen molar-refractivity contribution in [2.45, 2.75) is 26.8 Å². The Kier molecular flexibility index (Phi) is 9.05. The molecule has 0 unspecified atom stereocenters. The first-order valence-electron chi connectivity index (χ1n) is 7.61. The van der Waals surface area contributed by atoms with Crippen molar-refractivity contribution in [2.24, 2.45) is 4.99 Å². The Morgan fingerprint density at radius 1 is 1.29 bits per heavy atom. The molecule has 0 atom stereocenters. The van der Waals surface area contributed by atoms with Gasteiger partial charge in [-0.05, 0) is 31.9 Å². The van der Waals surface area contributed by atoms with Gasteiger partial charge in [0.05, 0.1) is 24.9 Å². The molecule has 0 amide bonds. The number of guanidine groups is 1. The standard InChI is InChI=1S/C17H24N4OS.HI/c1-12-5-6-15(22-4)14(9-12)7-8-19-17(18-3)20-10-16-13(2)21-11-23-16;/h5-6,9,11H,7-8,10H2,1-4H3,(H2,18,19,20);1H. The van der Waals surface area contributed by atoms with Crippen molar-refractivity contribution >= 4 is 41.3 Å². The van der Waals surface area contributed by atoms with Gasteiger partial charge in [0.1, 0.15) is 5.75 Å². The molecule has 2 aromatic rings. The summed E-state index contributed by atoms with van der Waals surface area (Å²) in [4.78, 5) is 9.74. The second kappa shape index (κ2) is 10.5. The van der Waals surface area contributed by atoms with Crippen LogP contribution in [0, 0.1) is 13.8 Å². The quantitative estimate of drug-likeness (QED) is 0.395. The topological polar surface area (TPSA) is 58.5 Å². The van der Waals surface area contributed by atoms with E-state index >= 15 is 0 Å². The normalized spacial score (nSPS) is 10.9. The molecular formula is C17H25IN4OS. The van der Waals surface area contributed by atoms with E-state index in [4.69, 9.17) is 4.74 Å². The highest BCUT2D eigenvalue weighted by atomic mass is 127. The van der Waals surface area contributed by atoms with Crippen LogP contribution in [0.5, 0.6) is 5.75 Å². The average molecular weight is 460 g/mol. The number of aryl methyl sites for hydroxylation is 2. The summed E-state index contributed by atoms with van der Waals surface area (Å²) in [7, 11) is 3.49. The fourth-order valence-corrected chi connectivity index (χ4v) is 3.02. The number of ether oxygens (including phenoxy) is 1. The molecule has 0 fully saturated rings. The maximum atomic E-state index is 5.41. The van der Waals surface area contributed by atoms with Crippen LogP contribution in [0.3, 0.4) is 0 Å². The summed E-state index contributed by atoms with van der Waals surface area (Å²) in [6.45, 7) is 5.65. The molecule has 24 heavy (non-hydrogen) atoms. The van der Waals surface area contributed by atoms with Crippen LogP contribution in [0.25, 0.3) is 0 Å². The molecule has 0 radical (unpaired) electrons. The second-order valence-electron chi connectivity index (χ2n) is 5.28. The second-order valence-corrected chi connectivity index (χ2v) is 6.22. The van der Waals surface area contributed by atoms with E-state index in [9.17, 15) is 0 Å². The molecule has 2 rings (SSSR count). The molecule has 0 saturated carbocycles. The Morgan fingerprint density at radius 3 is 2.71 bits per heavy atom. The van der Waals surface area contributed by atoms with Gasteiger partial charge in [0.25, 0.3) is 0 Å². The zero-order chi connectivity index (χ0) is 16.7. The van der Waals surface area contributed by atoms with Gasteiger partial charge in [-0.15, -0.1) is 35.3 Å². The largest absolute Gasteiger partial charge is 0.496 e.